The molecule has 24 heavy (non-hydrogen) atoms. The predicted octanol–water partition coefficient (Wildman–Crippen LogP) is 4.50. The van der Waals surface area contributed by atoms with Gasteiger partial charge in [-0.15, -0.1) is 0 Å². The molecule has 3 aromatic rings. The summed E-state index contributed by atoms with van der Waals surface area (Å²) < 4.78 is 2.22. The van der Waals surface area contributed by atoms with E-state index in [1.807, 2.05) is 12.3 Å². The molecule has 1 aliphatic carbocycles. The molecule has 2 heteroatoms. The molecule has 0 atom stereocenters. The minimum atomic E-state index is -0.0446. The Bertz CT molecular complexity index is 968. The molecule has 2 nitrogen and oxygen atoms in total. The summed E-state index contributed by atoms with van der Waals surface area (Å²) in [5.41, 5.74) is 10.3. The molecule has 0 amide bonds. The average Bonchev–Trinajstić information content (AvgIpc) is 2.79. The Morgan fingerprint density at radius 1 is 1.04 bits per heavy atom. The lowest BCUT2D eigenvalue weighted by molar-refractivity contribution is -0.660. The summed E-state index contributed by atoms with van der Waals surface area (Å²) in [5, 5.41) is 0. The summed E-state index contributed by atoms with van der Waals surface area (Å²) in [6, 6.07) is 13.2. The maximum Gasteiger partial charge on any atom is 0.213 e. The first-order chi connectivity index (χ1) is 11.4. The van der Waals surface area contributed by atoms with Crippen molar-refractivity contribution in [1.82, 2.24) is 4.98 Å². The van der Waals surface area contributed by atoms with E-state index in [0.29, 0.717) is 0 Å². The number of pyridine rings is 2. The molecule has 0 unspecified atom stereocenters. The van der Waals surface area contributed by atoms with Crippen LogP contribution in [0.2, 0.25) is 0 Å². The summed E-state index contributed by atoms with van der Waals surface area (Å²) in [4.78, 5) is 4.69. The molecule has 0 fully saturated rings. The number of fused-ring (bicyclic) bond motifs is 3. The molecule has 0 bridgehead atoms. The van der Waals surface area contributed by atoms with E-state index in [4.69, 9.17) is 4.98 Å². The topological polar surface area (TPSA) is 16.8 Å². The van der Waals surface area contributed by atoms with Gasteiger partial charge in [-0.2, -0.15) is 0 Å². The zero-order valence-electron chi connectivity index (χ0n) is 15.0. The van der Waals surface area contributed by atoms with E-state index in [1.165, 1.54) is 39.1 Å². The minimum absolute atomic E-state index is 0.0446. The molecule has 0 saturated carbocycles. The third kappa shape index (κ3) is 1.96. The zero-order valence-corrected chi connectivity index (χ0v) is 15.0. The predicted molar refractivity (Wildman–Crippen MR) is 97.9 cm³/mol. The Morgan fingerprint density at radius 2 is 1.83 bits per heavy atom. The first-order valence-corrected chi connectivity index (χ1v) is 8.48. The lowest BCUT2D eigenvalue weighted by Crippen LogP contribution is -2.32. The summed E-state index contributed by atoms with van der Waals surface area (Å²) in [7, 11) is 2.13. The van der Waals surface area contributed by atoms with Crippen LogP contribution in [0.3, 0.4) is 0 Å². The second kappa shape index (κ2) is 5.01. The molecule has 4 rings (SSSR count). The first-order valence-electron chi connectivity index (χ1n) is 8.48. The van der Waals surface area contributed by atoms with Crippen molar-refractivity contribution in [3.63, 3.8) is 0 Å². The minimum Gasteiger partial charge on any atom is -0.256 e. The molecular formula is C22H23N2+. The van der Waals surface area contributed by atoms with Crippen LogP contribution in [0.25, 0.3) is 22.5 Å². The summed E-state index contributed by atoms with van der Waals surface area (Å²) in [6.45, 7) is 9.00. The van der Waals surface area contributed by atoms with Crippen molar-refractivity contribution in [2.75, 3.05) is 0 Å². The number of hydrogen-bond donors (Lipinski definition) is 0. The highest BCUT2D eigenvalue weighted by Gasteiger charge is 2.40. The molecule has 0 aliphatic heterocycles. The van der Waals surface area contributed by atoms with Gasteiger partial charge in [-0.3, -0.25) is 4.98 Å². The van der Waals surface area contributed by atoms with Gasteiger partial charge < -0.3 is 0 Å². The number of benzene rings is 1. The third-order valence-electron chi connectivity index (χ3n) is 5.34. The Labute approximate surface area is 143 Å². The summed E-state index contributed by atoms with van der Waals surface area (Å²) in [6.07, 6.45) is 4.05. The normalized spacial score (nSPS) is 14.4. The molecule has 120 valence electrons. The van der Waals surface area contributed by atoms with Gasteiger partial charge in [0.05, 0.1) is 11.3 Å². The fourth-order valence-electron chi connectivity index (χ4n) is 4.07. The Morgan fingerprint density at radius 3 is 2.62 bits per heavy atom. The molecule has 0 saturated heterocycles. The van der Waals surface area contributed by atoms with Gasteiger partial charge in [-0.1, -0.05) is 32.0 Å². The van der Waals surface area contributed by atoms with E-state index >= 15 is 0 Å². The van der Waals surface area contributed by atoms with E-state index in [2.05, 4.69) is 75.8 Å². The number of rotatable bonds is 1. The number of nitrogens with zero attached hydrogens (tertiary/aromatic N) is 2. The van der Waals surface area contributed by atoms with Crippen molar-refractivity contribution in [3.8, 4) is 22.5 Å². The summed E-state index contributed by atoms with van der Waals surface area (Å²) in [5.74, 6) is 0. The largest absolute Gasteiger partial charge is 0.256 e. The van der Waals surface area contributed by atoms with Gasteiger partial charge in [0, 0.05) is 29.3 Å². The number of hydrogen-bond acceptors (Lipinski definition) is 1. The van der Waals surface area contributed by atoms with Crippen molar-refractivity contribution in [3.05, 3.63) is 71.0 Å². The van der Waals surface area contributed by atoms with Crippen LogP contribution in [-0.2, 0) is 12.5 Å². The van der Waals surface area contributed by atoms with E-state index in [0.717, 1.165) is 5.69 Å². The van der Waals surface area contributed by atoms with Gasteiger partial charge in [0.25, 0.3) is 0 Å². The van der Waals surface area contributed by atoms with Crippen LogP contribution in [0.5, 0.6) is 0 Å². The molecule has 1 aromatic carbocycles. The van der Waals surface area contributed by atoms with E-state index < -0.39 is 0 Å². The van der Waals surface area contributed by atoms with Gasteiger partial charge >= 0.3 is 0 Å². The smallest absolute Gasteiger partial charge is 0.213 e. The van der Waals surface area contributed by atoms with Crippen LogP contribution in [0.15, 0.2) is 48.8 Å². The van der Waals surface area contributed by atoms with Gasteiger partial charge in [0.1, 0.15) is 7.05 Å². The maximum atomic E-state index is 4.69. The average molecular weight is 315 g/mol. The second-order valence-corrected chi connectivity index (χ2v) is 7.40. The number of aryl methyl sites for hydroxylation is 3. The molecule has 2 heterocycles. The number of aromatic nitrogens is 2. The van der Waals surface area contributed by atoms with E-state index in [1.54, 1.807) is 0 Å². The Balaban J connectivity index is 2.12. The third-order valence-corrected chi connectivity index (χ3v) is 5.34. The quantitative estimate of drug-likeness (QED) is 0.604. The fourth-order valence-corrected chi connectivity index (χ4v) is 4.07. The lowest BCUT2D eigenvalue weighted by atomic mass is 9.78. The Kier molecular flexibility index (Phi) is 3.14. The van der Waals surface area contributed by atoms with Gasteiger partial charge in [-0.25, -0.2) is 4.57 Å². The fraction of sp³-hybridized carbons (Fsp3) is 0.273. The SMILES string of the molecule is Cc1cc[n+](C)c(-c2c(C)ccc3c2C(C)(C)c2cccnc2-3)c1. The van der Waals surface area contributed by atoms with E-state index in [-0.39, 0.29) is 5.41 Å². The van der Waals surface area contributed by atoms with Crippen molar-refractivity contribution in [2.24, 2.45) is 7.05 Å². The zero-order chi connectivity index (χ0) is 17.1. The maximum absolute atomic E-state index is 4.69. The molecular weight excluding hydrogens is 292 g/mol. The monoisotopic (exact) mass is 315 g/mol. The molecule has 0 radical (unpaired) electrons. The molecule has 0 N–H and O–H groups in total. The molecule has 2 aromatic heterocycles. The van der Waals surface area contributed by atoms with Crippen LogP contribution in [0.1, 0.15) is 36.1 Å². The van der Waals surface area contributed by atoms with Gasteiger partial charge in [0.15, 0.2) is 6.20 Å². The van der Waals surface area contributed by atoms with Crippen LogP contribution < -0.4 is 4.57 Å². The van der Waals surface area contributed by atoms with Crippen molar-refractivity contribution < 1.29 is 4.57 Å². The highest BCUT2D eigenvalue weighted by atomic mass is 14.9. The van der Waals surface area contributed by atoms with E-state index in [9.17, 15) is 0 Å². The summed E-state index contributed by atoms with van der Waals surface area (Å²) >= 11 is 0. The van der Waals surface area contributed by atoms with Crippen molar-refractivity contribution in [1.29, 1.82) is 0 Å². The highest BCUT2D eigenvalue weighted by Crippen LogP contribution is 2.51. The Hall–Kier alpha value is -2.48. The van der Waals surface area contributed by atoms with Crippen molar-refractivity contribution in [2.45, 2.75) is 33.1 Å². The van der Waals surface area contributed by atoms with Crippen LogP contribution in [0.4, 0.5) is 0 Å². The molecule has 1 aliphatic rings. The first kappa shape index (κ1) is 15.1. The lowest BCUT2D eigenvalue weighted by Gasteiger charge is -2.24. The van der Waals surface area contributed by atoms with Crippen LogP contribution in [-0.4, -0.2) is 4.98 Å². The van der Waals surface area contributed by atoms with Crippen LogP contribution >= 0.6 is 0 Å². The highest BCUT2D eigenvalue weighted by molar-refractivity contribution is 5.86. The molecule has 0 spiro atoms. The van der Waals surface area contributed by atoms with Gasteiger partial charge in [0.2, 0.25) is 5.69 Å². The van der Waals surface area contributed by atoms with Gasteiger partial charge in [-0.05, 0) is 42.2 Å². The van der Waals surface area contributed by atoms with Crippen LogP contribution in [0, 0.1) is 13.8 Å². The standard InChI is InChI=1S/C22H23N2/c1-14-10-12-24(5)18(13-14)19-15(2)8-9-16-20(19)22(3,4)17-7-6-11-23-21(16)17/h6-13H,1-5H3/q+1. The second-order valence-electron chi connectivity index (χ2n) is 7.40. The van der Waals surface area contributed by atoms with Crippen molar-refractivity contribution >= 4 is 0 Å².